The number of esters is 1. The molecule has 0 fully saturated rings. The van der Waals surface area contributed by atoms with E-state index in [1.807, 2.05) is 0 Å². The summed E-state index contributed by atoms with van der Waals surface area (Å²) in [5, 5.41) is 3.05. The van der Waals surface area contributed by atoms with Gasteiger partial charge in [-0.2, -0.15) is 0 Å². The molecule has 1 aromatic carbocycles. The molecule has 0 aromatic heterocycles. The van der Waals surface area contributed by atoms with Gasteiger partial charge >= 0.3 is 5.97 Å². The van der Waals surface area contributed by atoms with Crippen LogP contribution in [-0.4, -0.2) is 19.1 Å². The van der Waals surface area contributed by atoms with Crippen molar-refractivity contribution in [1.29, 1.82) is 0 Å². The lowest BCUT2D eigenvalue weighted by molar-refractivity contribution is -0.146. The molecular weight excluding hydrogens is 245 g/mol. The summed E-state index contributed by atoms with van der Waals surface area (Å²) in [6.07, 6.45) is 0. The van der Waals surface area contributed by atoms with Gasteiger partial charge in [0.1, 0.15) is 5.82 Å². The summed E-state index contributed by atoms with van der Waals surface area (Å²) >= 11 is 5.63. The number of carbonyl (C=O) groups is 1. The maximum Gasteiger partial charge on any atom is 0.310 e. The first-order chi connectivity index (χ1) is 8.04. The fraction of sp³-hybridized carbons (Fsp3) is 0.417. The molecule has 0 aliphatic heterocycles. The number of rotatable bonds is 5. The Morgan fingerprint density at radius 3 is 2.88 bits per heavy atom. The van der Waals surface area contributed by atoms with Crippen molar-refractivity contribution in [2.75, 3.05) is 18.5 Å². The molecule has 0 radical (unpaired) electrons. The van der Waals surface area contributed by atoms with Gasteiger partial charge in [-0.15, -0.1) is 0 Å². The molecule has 1 N–H and O–H groups in total. The summed E-state index contributed by atoms with van der Waals surface area (Å²) in [5.41, 5.74) is 0.674. The highest BCUT2D eigenvalue weighted by Gasteiger charge is 2.13. The van der Waals surface area contributed by atoms with Crippen LogP contribution >= 0.6 is 11.6 Å². The van der Waals surface area contributed by atoms with Gasteiger partial charge in [-0.3, -0.25) is 4.79 Å². The molecule has 0 aliphatic rings. The van der Waals surface area contributed by atoms with E-state index < -0.39 is 5.82 Å². The first-order valence-corrected chi connectivity index (χ1v) is 5.78. The summed E-state index contributed by atoms with van der Waals surface area (Å²) in [4.78, 5) is 11.3. The molecule has 1 unspecified atom stereocenters. The normalized spacial score (nSPS) is 12.0. The number of carbonyl (C=O) groups excluding carboxylic acids is 1. The van der Waals surface area contributed by atoms with E-state index in [4.69, 9.17) is 16.3 Å². The average Bonchev–Trinajstić information content (AvgIpc) is 2.30. The van der Waals surface area contributed by atoms with Crippen molar-refractivity contribution in [2.24, 2.45) is 5.92 Å². The molecule has 17 heavy (non-hydrogen) atoms. The van der Waals surface area contributed by atoms with Crippen molar-refractivity contribution in [3.05, 3.63) is 29.0 Å². The fourth-order valence-corrected chi connectivity index (χ4v) is 1.43. The maximum atomic E-state index is 12.9. The van der Waals surface area contributed by atoms with Crippen molar-refractivity contribution in [3.8, 4) is 0 Å². The van der Waals surface area contributed by atoms with Gasteiger partial charge in [0.15, 0.2) is 0 Å². The van der Waals surface area contributed by atoms with Crippen LogP contribution in [0.1, 0.15) is 13.8 Å². The highest BCUT2D eigenvalue weighted by Crippen LogP contribution is 2.19. The van der Waals surface area contributed by atoms with E-state index in [2.05, 4.69) is 5.32 Å². The lowest BCUT2D eigenvalue weighted by atomic mass is 10.2. The van der Waals surface area contributed by atoms with Gasteiger partial charge in [0.05, 0.1) is 17.5 Å². The van der Waals surface area contributed by atoms with Crippen LogP contribution in [0.2, 0.25) is 5.02 Å². The molecule has 0 saturated heterocycles. The van der Waals surface area contributed by atoms with E-state index in [1.165, 1.54) is 12.1 Å². The van der Waals surface area contributed by atoms with Crippen molar-refractivity contribution < 1.29 is 13.9 Å². The lowest BCUT2D eigenvalue weighted by Gasteiger charge is -2.12. The number of halogens is 2. The molecule has 0 heterocycles. The third kappa shape index (κ3) is 4.23. The van der Waals surface area contributed by atoms with Crippen LogP contribution in [0.15, 0.2) is 18.2 Å². The minimum absolute atomic E-state index is 0.0544. The van der Waals surface area contributed by atoms with E-state index in [-0.39, 0.29) is 16.9 Å². The lowest BCUT2D eigenvalue weighted by Crippen LogP contribution is -2.22. The number of benzene rings is 1. The molecule has 0 aliphatic carbocycles. The Morgan fingerprint density at radius 2 is 2.29 bits per heavy atom. The predicted molar refractivity (Wildman–Crippen MR) is 65.7 cm³/mol. The molecule has 5 heteroatoms. The first-order valence-electron chi connectivity index (χ1n) is 5.40. The average molecular weight is 260 g/mol. The quantitative estimate of drug-likeness (QED) is 0.826. The van der Waals surface area contributed by atoms with Gasteiger partial charge in [0, 0.05) is 12.2 Å². The fourth-order valence-electron chi connectivity index (χ4n) is 1.24. The van der Waals surface area contributed by atoms with Crippen LogP contribution in [0.4, 0.5) is 10.1 Å². The van der Waals surface area contributed by atoms with E-state index in [0.717, 1.165) is 0 Å². The molecule has 1 aromatic rings. The Labute approximate surface area is 105 Å². The summed E-state index contributed by atoms with van der Waals surface area (Å²) in [6.45, 7) is 4.31. The molecule has 0 bridgehead atoms. The van der Waals surface area contributed by atoms with E-state index >= 15 is 0 Å². The van der Waals surface area contributed by atoms with Crippen LogP contribution in [0.5, 0.6) is 0 Å². The van der Waals surface area contributed by atoms with Crippen molar-refractivity contribution in [3.63, 3.8) is 0 Å². The van der Waals surface area contributed by atoms with Crippen LogP contribution in [0.3, 0.4) is 0 Å². The summed E-state index contributed by atoms with van der Waals surface area (Å²) in [7, 11) is 0. The van der Waals surface area contributed by atoms with E-state index in [1.54, 1.807) is 19.9 Å². The zero-order chi connectivity index (χ0) is 12.8. The second-order valence-electron chi connectivity index (χ2n) is 3.66. The molecule has 1 rings (SSSR count). The van der Waals surface area contributed by atoms with E-state index in [9.17, 15) is 9.18 Å². The van der Waals surface area contributed by atoms with Crippen molar-refractivity contribution in [1.82, 2.24) is 0 Å². The van der Waals surface area contributed by atoms with Crippen molar-refractivity contribution >= 4 is 23.3 Å². The van der Waals surface area contributed by atoms with Gasteiger partial charge in [0.2, 0.25) is 0 Å². The number of hydrogen-bond acceptors (Lipinski definition) is 3. The molecule has 0 spiro atoms. The zero-order valence-electron chi connectivity index (χ0n) is 9.80. The number of ether oxygens (including phenoxy) is 1. The third-order valence-electron chi connectivity index (χ3n) is 2.22. The Hall–Kier alpha value is -1.29. The minimum atomic E-state index is -0.462. The SMILES string of the molecule is CCOC(=O)C(C)CNc1ccc(F)c(Cl)c1. The Bertz CT molecular complexity index is 398. The highest BCUT2D eigenvalue weighted by molar-refractivity contribution is 6.31. The Morgan fingerprint density at radius 1 is 1.59 bits per heavy atom. The minimum Gasteiger partial charge on any atom is -0.466 e. The summed E-state index contributed by atoms with van der Waals surface area (Å²) in [5.74, 6) is -0.984. The second-order valence-corrected chi connectivity index (χ2v) is 4.07. The Kier molecular flexibility index (Phi) is 5.22. The smallest absolute Gasteiger partial charge is 0.310 e. The molecule has 0 amide bonds. The maximum absolute atomic E-state index is 12.9. The largest absolute Gasteiger partial charge is 0.466 e. The van der Waals surface area contributed by atoms with Crippen LogP contribution in [0.25, 0.3) is 0 Å². The van der Waals surface area contributed by atoms with Gasteiger partial charge in [0.25, 0.3) is 0 Å². The second kappa shape index (κ2) is 6.45. The predicted octanol–water partition coefficient (Wildman–Crippen LogP) is 3.09. The zero-order valence-corrected chi connectivity index (χ0v) is 10.6. The van der Waals surface area contributed by atoms with Crippen molar-refractivity contribution in [2.45, 2.75) is 13.8 Å². The summed E-state index contributed by atoms with van der Waals surface area (Å²) in [6, 6.07) is 4.33. The van der Waals surface area contributed by atoms with Crippen LogP contribution in [0, 0.1) is 11.7 Å². The molecular formula is C12H15ClFNO2. The standard InChI is InChI=1S/C12H15ClFNO2/c1-3-17-12(16)8(2)7-15-9-4-5-11(14)10(13)6-9/h4-6,8,15H,3,7H2,1-2H3. The van der Waals surface area contributed by atoms with Crippen LogP contribution in [-0.2, 0) is 9.53 Å². The molecule has 94 valence electrons. The van der Waals surface area contributed by atoms with Gasteiger partial charge < -0.3 is 10.1 Å². The number of hydrogen-bond donors (Lipinski definition) is 1. The number of nitrogens with one attached hydrogen (secondary N) is 1. The van der Waals surface area contributed by atoms with Gasteiger partial charge in [-0.1, -0.05) is 18.5 Å². The van der Waals surface area contributed by atoms with Gasteiger partial charge in [-0.25, -0.2) is 4.39 Å². The highest BCUT2D eigenvalue weighted by atomic mass is 35.5. The molecule has 1 atom stereocenters. The van der Waals surface area contributed by atoms with Gasteiger partial charge in [-0.05, 0) is 25.1 Å². The van der Waals surface area contributed by atoms with E-state index in [0.29, 0.717) is 18.8 Å². The topological polar surface area (TPSA) is 38.3 Å². The molecule has 0 saturated carbocycles. The molecule has 3 nitrogen and oxygen atoms in total. The third-order valence-corrected chi connectivity index (χ3v) is 2.51. The summed E-state index contributed by atoms with van der Waals surface area (Å²) < 4.78 is 17.8. The first kappa shape index (κ1) is 13.8. The number of anilines is 1. The Balaban J connectivity index is 2.50. The monoisotopic (exact) mass is 259 g/mol. The van der Waals surface area contributed by atoms with Crippen LogP contribution < -0.4 is 5.32 Å².